The molecule has 100 valence electrons. The predicted molar refractivity (Wildman–Crippen MR) is 71.8 cm³/mol. The van der Waals surface area contributed by atoms with E-state index in [0.29, 0.717) is 17.5 Å². The minimum Gasteiger partial charge on any atom is -0.434 e. The molecule has 0 unspecified atom stereocenters. The van der Waals surface area contributed by atoms with Gasteiger partial charge in [0.1, 0.15) is 5.65 Å². The van der Waals surface area contributed by atoms with Crippen molar-refractivity contribution in [2.45, 2.75) is 6.92 Å². The fourth-order valence-corrected chi connectivity index (χ4v) is 1.98. The zero-order chi connectivity index (χ0) is 14.1. The molecule has 0 spiro atoms. The number of halogens is 1. The topological polar surface area (TPSA) is 43.6 Å². The lowest BCUT2D eigenvalue weighted by Crippen LogP contribution is -1.95. The molecule has 0 radical (unpaired) electrons. The lowest BCUT2D eigenvalue weighted by Gasteiger charge is -2.05. The van der Waals surface area contributed by atoms with Gasteiger partial charge < -0.3 is 4.74 Å². The van der Waals surface area contributed by atoms with Crippen molar-refractivity contribution >= 4 is 11.9 Å². The Balaban J connectivity index is 2.11. The Bertz CT molecular complexity index is 796. The first-order chi connectivity index (χ1) is 9.70. The van der Waals surface area contributed by atoms with Crippen LogP contribution in [0.5, 0.6) is 11.6 Å². The molecule has 5 heteroatoms. The standard InChI is InChI=1S/C15H11FN2O2/c1-10-5-4-6-12(14(10)16)20-15-11(9-19)18-8-3-2-7-13(18)17-15/h2-9H,1H3. The number of imidazole rings is 1. The molecule has 2 heterocycles. The van der Waals surface area contributed by atoms with Crippen molar-refractivity contribution in [1.82, 2.24) is 9.38 Å². The Morgan fingerprint density at radius 2 is 2.10 bits per heavy atom. The number of hydrogen-bond acceptors (Lipinski definition) is 3. The number of carbonyl (C=O) groups is 1. The number of aryl methyl sites for hydroxylation is 1. The number of pyridine rings is 1. The van der Waals surface area contributed by atoms with Gasteiger partial charge in [0.2, 0.25) is 5.88 Å². The highest BCUT2D eigenvalue weighted by Crippen LogP contribution is 2.28. The quantitative estimate of drug-likeness (QED) is 0.685. The molecule has 20 heavy (non-hydrogen) atoms. The highest BCUT2D eigenvalue weighted by atomic mass is 19.1. The van der Waals surface area contributed by atoms with E-state index < -0.39 is 5.82 Å². The van der Waals surface area contributed by atoms with E-state index in [1.807, 2.05) is 0 Å². The molecule has 1 aromatic carbocycles. The van der Waals surface area contributed by atoms with Gasteiger partial charge in [-0.1, -0.05) is 18.2 Å². The number of carbonyl (C=O) groups excluding carboxylic acids is 1. The van der Waals surface area contributed by atoms with Crippen LogP contribution >= 0.6 is 0 Å². The number of aldehydes is 1. The summed E-state index contributed by atoms with van der Waals surface area (Å²) in [6, 6.07) is 10.1. The van der Waals surface area contributed by atoms with Crippen LogP contribution in [0.25, 0.3) is 5.65 Å². The van der Waals surface area contributed by atoms with Gasteiger partial charge in [0.15, 0.2) is 23.5 Å². The molecule has 0 fully saturated rings. The van der Waals surface area contributed by atoms with E-state index in [-0.39, 0.29) is 17.3 Å². The Morgan fingerprint density at radius 3 is 2.90 bits per heavy atom. The van der Waals surface area contributed by atoms with Gasteiger partial charge in [0.25, 0.3) is 0 Å². The van der Waals surface area contributed by atoms with Crippen LogP contribution in [0.15, 0.2) is 42.6 Å². The summed E-state index contributed by atoms with van der Waals surface area (Å²) in [5.41, 5.74) is 1.29. The van der Waals surface area contributed by atoms with Crippen LogP contribution in [0.2, 0.25) is 0 Å². The van der Waals surface area contributed by atoms with Crippen molar-refractivity contribution in [3.05, 3.63) is 59.7 Å². The average Bonchev–Trinajstić information content (AvgIpc) is 2.81. The lowest BCUT2D eigenvalue weighted by atomic mass is 10.2. The summed E-state index contributed by atoms with van der Waals surface area (Å²) in [7, 11) is 0. The van der Waals surface area contributed by atoms with Gasteiger partial charge in [-0.05, 0) is 30.7 Å². The Kier molecular flexibility index (Phi) is 2.95. The van der Waals surface area contributed by atoms with E-state index in [2.05, 4.69) is 4.98 Å². The van der Waals surface area contributed by atoms with E-state index in [1.165, 1.54) is 6.07 Å². The molecule has 0 aliphatic heterocycles. The van der Waals surface area contributed by atoms with E-state index in [1.54, 1.807) is 47.9 Å². The number of nitrogens with zero attached hydrogens (tertiary/aromatic N) is 2. The highest BCUT2D eigenvalue weighted by molar-refractivity contribution is 5.78. The molecule has 2 aromatic heterocycles. The van der Waals surface area contributed by atoms with Crippen LogP contribution in [0, 0.1) is 12.7 Å². The van der Waals surface area contributed by atoms with Gasteiger partial charge in [-0.15, -0.1) is 0 Å². The predicted octanol–water partition coefficient (Wildman–Crippen LogP) is 3.39. The smallest absolute Gasteiger partial charge is 0.249 e. The molecular weight excluding hydrogens is 259 g/mol. The maximum Gasteiger partial charge on any atom is 0.249 e. The van der Waals surface area contributed by atoms with Crippen molar-refractivity contribution in [3.63, 3.8) is 0 Å². The normalized spacial score (nSPS) is 10.7. The highest BCUT2D eigenvalue weighted by Gasteiger charge is 2.15. The van der Waals surface area contributed by atoms with Crippen molar-refractivity contribution in [2.75, 3.05) is 0 Å². The van der Waals surface area contributed by atoms with Crippen molar-refractivity contribution in [2.24, 2.45) is 0 Å². The minimum absolute atomic E-state index is 0.0523. The zero-order valence-electron chi connectivity index (χ0n) is 10.7. The maximum absolute atomic E-state index is 13.9. The summed E-state index contributed by atoms with van der Waals surface area (Å²) in [5.74, 6) is -0.311. The fourth-order valence-electron chi connectivity index (χ4n) is 1.98. The molecule has 0 atom stereocenters. The summed E-state index contributed by atoms with van der Waals surface area (Å²) in [4.78, 5) is 15.4. The Labute approximate surface area is 114 Å². The molecular formula is C15H11FN2O2. The first-order valence-corrected chi connectivity index (χ1v) is 6.06. The van der Waals surface area contributed by atoms with Gasteiger partial charge in [0, 0.05) is 6.20 Å². The van der Waals surface area contributed by atoms with E-state index >= 15 is 0 Å². The third-order valence-electron chi connectivity index (χ3n) is 3.01. The van der Waals surface area contributed by atoms with Crippen LogP contribution in [0.4, 0.5) is 4.39 Å². The van der Waals surface area contributed by atoms with Gasteiger partial charge in [-0.25, -0.2) is 4.39 Å². The number of aromatic nitrogens is 2. The number of rotatable bonds is 3. The van der Waals surface area contributed by atoms with Gasteiger partial charge in [-0.2, -0.15) is 4.98 Å². The summed E-state index contributed by atoms with van der Waals surface area (Å²) >= 11 is 0. The number of fused-ring (bicyclic) bond motifs is 1. The van der Waals surface area contributed by atoms with Crippen LogP contribution < -0.4 is 4.74 Å². The van der Waals surface area contributed by atoms with Crippen LogP contribution in [0.1, 0.15) is 16.1 Å². The number of hydrogen-bond donors (Lipinski definition) is 0. The SMILES string of the molecule is Cc1cccc(Oc2nc3ccccn3c2C=O)c1F. The molecule has 3 rings (SSSR count). The van der Waals surface area contributed by atoms with Crippen molar-refractivity contribution in [3.8, 4) is 11.6 Å². The fraction of sp³-hybridized carbons (Fsp3) is 0.0667. The first-order valence-electron chi connectivity index (χ1n) is 6.06. The Hall–Kier alpha value is -2.69. The van der Waals surface area contributed by atoms with E-state index in [0.717, 1.165) is 0 Å². The molecule has 0 aliphatic carbocycles. The first kappa shape index (κ1) is 12.3. The molecule has 0 amide bonds. The molecule has 0 saturated heterocycles. The largest absolute Gasteiger partial charge is 0.434 e. The summed E-state index contributed by atoms with van der Waals surface area (Å²) in [6.45, 7) is 1.65. The van der Waals surface area contributed by atoms with Gasteiger partial charge in [0.05, 0.1) is 0 Å². The molecule has 3 aromatic rings. The van der Waals surface area contributed by atoms with Crippen molar-refractivity contribution in [1.29, 1.82) is 0 Å². The summed E-state index contributed by atoms with van der Waals surface area (Å²) in [5, 5.41) is 0. The second kappa shape index (κ2) is 4.77. The minimum atomic E-state index is -0.457. The molecule has 4 nitrogen and oxygen atoms in total. The van der Waals surface area contributed by atoms with Gasteiger partial charge >= 0.3 is 0 Å². The van der Waals surface area contributed by atoms with Gasteiger partial charge in [-0.3, -0.25) is 9.20 Å². The van der Waals surface area contributed by atoms with Crippen molar-refractivity contribution < 1.29 is 13.9 Å². The van der Waals surface area contributed by atoms with E-state index in [4.69, 9.17) is 4.74 Å². The number of ether oxygens (including phenoxy) is 1. The molecule has 0 N–H and O–H groups in total. The lowest BCUT2D eigenvalue weighted by molar-refractivity contribution is 0.111. The third kappa shape index (κ3) is 1.93. The third-order valence-corrected chi connectivity index (χ3v) is 3.01. The molecule has 0 bridgehead atoms. The molecule has 0 saturated carbocycles. The maximum atomic E-state index is 13.9. The Morgan fingerprint density at radius 1 is 1.25 bits per heavy atom. The molecule has 0 aliphatic rings. The second-order valence-corrected chi connectivity index (χ2v) is 4.34. The number of benzene rings is 1. The summed E-state index contributed by atoms with van der Waals surface area (Å²) in [6.07, 6.45) is 2.34. The van der Waals surface area contributed by atoms with E-state index in [9.17, 15) is 9.18 Å². The van der Waals surface area contributed by atoms with Crippen LogP contribution in [0.3, 0.4) is 0 Å². The zero-order valence-corrected chi connectivity index (χ0v) is 10.7. The monoisotopic (exact) mass is 270 g/mol. The average molecular weight is 270 g/mol. The van der Waals surface area contributed by atoms with Crippen LogP contribution in [-0.2, 0) is 0 Å². The summed E-state index contributed by atoms with van der Waals surface area (Å²) < 4.78 is 21.0. The second-order valence-electron chi connectivity index (χ2n) is 4.34. The van der Waals surface area contributed by atoms with Crippen LogP contribution in [-0.4, -0.2) is 15.7 Å².